The van der Waals surface area contributed by atoms with E-state index in [1.54, 1.807) is 11.8 Å². The Kier molecular flexibility index (Phi) is 6.38. The first-order valence-electron chi connectivity index (χ1n) is 6.47. The second kappa shape index (κ2) is 7.56. The van der Waals surface area contributed by atoms with Crippen LogP contribution < -0.4 is 5.32 Å². The van der Waals surface area contributed by atoms with E-state index < -0.39 is 0 Å². The van der Waals surface area contributed by atoms with Gasteiger partial charge >= 0.3 is 5.97 Å². The van der Waals surface area contributed by atoms with Crippen LogP contribution in [0.4, 0.5) is 0 Å². The average Bonchev–Trinajstić information content (AvgIpc) is 2.43. The van der Waals surface area contributed by atoms with Gasteiger partial charge in [0.1, 0.15) is 6.04 Å². The zero-order valence-corrected chi connectivity index (χ0v) is 13.1. The Morgan fingerprint density at radius 2 is 1.79 bits per heavy atom. The first kappa shape index (κ1) is 16.1. The van der Waals surface area contributed by atoms with Crippen LogP contribution in [0.1, 0.15) is 32.4 Å². The molecule has 4 heteroatoms. The molecule has 0 saturated carbocycles. The van der Waals surface area contributed by atoms with Crippen LogP contribution >= 0.6 is 11.8 Å². The van der Waals surface area contributed by atoms with E-state index in [0.29, 0.717) is 0 Å². The van der Waals surface area contributed by atoms with Crippen LogP contribution in [0, 0.1) is 5.92 Å². The molecule has 106 valence electrons. The fourth-order valence-electron chi connectivity index (χ4n) is 1.92. The third-order valence-corrected chi connectivity index (χ3v) is 3.91. The average molecular weight is 281 g/mol. The van der Waals surface area contributed by atoms with Gasteiger partial charge in [0.15, 0.2) is 0 Å². The summed E-state index contributed by atoms with van der Waals surface area (Å²) in [6.45, 7) is 6.09. The van der Waals surface area contributed by atoms with Gasteiger partial charge in [-0.1, -0.05) is 26.0 Å². The maximum atomic E-state index is 11.7. The van der Waals surface area contributed by atoms with Crippen LogP contribution in [0.5, 0.6) is 0 Å². The van der Waals surface area contributed by atoms with Crippen LogP contribution in [0.25, 0.3) is 0 Å². The molecule has 0 saturated heterocycles. The third kappa shape index (κ3) is 4.55. The molecule has 19 heavy (non-hydrogen) atoms. The second-order valence-electron chi connectivity index (χ2n) is 4.91. The number of methoxy groups -OCH3 is 1. The molecule has 0 spiro atoms. The van der Waals surface area contributed by atoms with Crippen LogP contribution in [-0.2, 0) is 9.53 Å². The molecule has 0 aliphatic carbocycles. The van der Waals surface area contributed by atoms with Gasteiger partial charge in [-0.25, -0.2) is 0 Å². The SMILES string of the molecule is COC(=O)C(NC(C)c1ccc(SC)cc1)C(C)C. The van der Waals surface area contributed by atoms with E-state index in [9.17, 15) is 4.79 Å². The molecule has 0 amide bonds. The lowest BCUT2D eigenvalue weighted by Crippen LogP contribution is -2.42. The highest BCUT2D eigenvalue weighted by Crippen LogP contribution is 2.20. The number of ether oxygens (including phenoxy) is 1. The van der Waals surface area contributed by atoms with Gasteiger partial charge in [0.2, 0.25) is 0 Å². The molecule has 2 atom stereocenters. The van der Waals surface area contributed by atoms with E-state index in [0.717, 1.165) is 0 Å². The number of hydrogen-bond acceptors (Lipinski definition) is 4. The number of nitrogens with one attached hydrogen (secondary N) is 1. The summed E-state index contributed by atoms with van der Waals surface area (Å²) in [5, 5.41) is 3.34. The summed E-state index contributed by atoms with van der Waals surface area (Å²) in [5.41, 5.74) is 1.17. The summed E-state index contributed by atoms with van der Waals surface area (Å²) < 4.78 is 4.84. The van der Waals surface area contributed by atoms with Crippen molar-refractivity contribution in [1.82, 2.24) is 5.32 Å². The molecule has 0 bridgehead atoms. The van der Waals surface area contributed by atoms with E-state index >= 15 is 0 Å². The highest BCUT2D eigenvalue weighted by molar-refractivity contribution is 7.98. The summed E-state index contributed by atoms with van der Waals surface area (Å²) in [4.78, 5) is 13.0. The minimum Gasteiger partial charge on any atom is -0.468 e. The standard InChI is InChI=1S/C15H23NO2S/c1-10(2)14(15(17)18-4)16-11(3)12-6-8-13(19-5)9-7-12/h6-11,14,16H,1-5H3. The number of thioether (sulfide) groups is 1. The molecule has 1 aromatic rings. The molecule has 0 radical (unpaired) electrons. The van der Waals surface area contributed by atoms with Crippen LogP contribution in [0.3, 0.4) is 0 Å². The largest absolute Gasteiger partial charge is 0.468 e. The fraction of sp³-hybridized carbons (Fsp3) is 0.533. The number of hydrogen-bond donors (Lipinski definition) is 1. The Morgan fingerprint density at radius 1 is 1.21 bits per heavy atom. The normalized spacial score (nSPS) is 14.2. The van der Waals surface area contributed by atoms with Crippen molar-refractivity contribution in [2.24, 2.45) is 5.92 Å². The van der Waals surface area contributed by atoms with E-state index in [2.05, 4.69) is 42.8 Å². The molecule has 1 rings (SSSR count). The predicted octanol–water partition coefficient (Wildman–Crippen LogP) is 3.26. The molecule has 2 unspecified atom stereocenters. The minimum atomic E-state index is -0.278. The summed E-state index contributed by atoms with van der Waals surface area (Å²) in [6, 6.07) is 8.22. The van der Waals surface area contributed by atoms with Gasteiger partial charge in [-0.3, -0.25) is 10.1 Å². The molecule has 0 heterocycles. The van der Waals surface area contributed by atoms with Crippen molar-refractivity contribution in [1.29, 1.82) is 0 Å². The van der Waals surface area contributed by atoms with Gasteiger partial charge in [0.05, 0.1) is 7.11 Å². The molecule has 0 aliphatic heterocycles. The Morgan fingerprint density at radius 3 is 2.21 bits per heavy atom. The third-order valence-electron chi connectivity index (χ3n) is 3.17. The smallest absolute Gasteiger partial charge is 0.323 e. The van der Waals surface area contributed by atoms with Gasteiger partial charge in [-0.05, 0) is 36.8 Å². The Balaban J connectivity index is 2.75. The number of esters is 1. The van der Waals surface area contributed by atoms with Crippen LogP contribution in [0.15, 0.2) is 29.2 Å². The molecule has 1 N–H and O–H groups in total. The van der Waals surface area contributed by atoms with Gasteiger partial charge in [0, 0.05) is 10.9 Å². The quantitative estimate of drug-likeness (QED) is 0.641. The van der Waals surface area contributed by atoms with Crippen LogP contribution in [-0.4, -0.2) is 25.4 Å². The first-order valence-corrected chi connectivity index (χ1v) is 7.70. The van der Waals surface area contributed by atoms with Gasteiger partial charge < -0.3 is 4.74 Å². The lowest BCUT2D eigenvalue weighted by Gasteiger charge is -2.24. The maximum Gasteiger partial charge on any atom is 0.323 e. The second-order valence-corrected chi connectivity index (χ2v) is 5.79. The molecule has 0 aliphatic rings. The van der Waals surface area contributed by atoms with Crippen molar-refractivity contribution >= 4 is 17.7 Å². The van der Waals surface area contributed by atoms with Gasteiger partial charge in [-0.15, -0.1) is 11.8 Å². The lowest BCUT2D eigenvalue weighted by molar-refractivity contribution is -0.144. The monoisotopic (exact) mass is 281 g/mol. The van der Waals surface area contributed by atoms with Crippen molar-refractivity contribution in [3.63, 3.8) is 0 Å². The Labute approximate surface area is 120 Å². The van der Waals surface area contributed by atoms with E-state index in [1.807, 2.05) is 13.8 Å². The number of benzene rings is 1. The Bertz CT molecular complexity index is 403. The van der Waals surface area contributed by atoms with E-state index in [-0.39, 0.29) is 24.0 Å². The fourth-order valence-corrected chi connectivity index (χ4v) is 2.33. The molecular weight excluding hydrogens is 258 g/mol. The topological polar surface area (TPSA) is 38.3 Å². The van der Waals surface area contributed by atoms with Crippen molar-refractivity contribution in [2.75, 3.05) is 13.4 Å². The van der Waals surface area contributed by atoms with Gasteiger partial charge in [-0.2, -0.15) is 0 Å². The lowest BCUT2D eigenvalue weighted by atomic mass is 10.0. The summed E-state index contributed by atoms with van der Waals surface area (Å²) in [6.07, 6.45) is 2.06. The summed E-state index contributed by atoms with van der Waals surface area (Å²) in [7, 11) is 1.43. The maximum absolute atomic E-state index is 11.7. The van der Waals surface area contributed by atoms with E-state index in [1.165, 1.54) is 17.6 Å². The zero-order valence-electron chi connectivity index (χ0n) is 12.3. The first-order chi connectivity index (χ1) is 8.99. The molecule has 0 aromatic heterocycles. The predicted molar refractivity (Wildman–Crippen MR) is 80.4 cm³/mol. The number of rotatable bonds is 6. The molecule has 1 aromatic carbocycles. The number of carbonyl (C=O) groups excluding carboxylic acids is 1. The summed E-state index contributed by atoms with van der Waals surface area (Å²) in [5.74, 6) is -0.0112. The van der Waals surface area contributed by atoms with Crippen molar-refractivity contribution in [3.05, 3.63) is 29.8 Å². The number of carbonyl (C=O) groups is 1. The highest BCUT2D eigenvalue weighted by Gasteiger charge is 2.24. The Hall–Kier alpha value is -1.00. The zero-order chi connectivity index (χ0) is 14.4. The van der Waals surface area contributed by atoms with Crippen LogP contribution in [0.2, 0.25) is 0 Å². The minimum absolute atomic E-state index is 0.113. The van der Waals surface area contributed by atoms with Gasteiger partial charge in [0.25, 0.3) is 0 Å². The molecule has 3 nitrogen and oxygen atoms in total. The van der Waals surface area contributed by atoms with Crippen molar-refractivity contribution in [3.8, 4) is 0 Å². The van der Waals surface area contributed by atoms with E-state index in [4.69, 9.17) is 4.74 Å². The molecule has 0 fully saturated rings. The molecular formula is C15H23NO2S. The van der Waals surface area contributed by atoms with Crippen molar-refractivity contribution in [2.45, 2.75) is 37.8 Å². The van der Waals surface area contributed by atoms with Crippen molar-refractivity contribution < 1.29 is 9.53 Å². The summed E-state index contributed by atoms with van der Waals surface area (Å²) >= 11 is 1.72. The highest BCUT2D eigenvalue weighted by atomic mass is 32.2.